The molecule has 0 aliphatic heterocycles. The van der Waals surface area contributed by atoms with Gasteiger partial charge in [-0.1, -0.05) is 35.9 Å². The maximum absolute atomic E-state index is 9.56. The zero-order valence-electron chi connectivity index (χ0n) is 13.5. The summed E-state index contributed by atoms with van der Waals surface area (Å²) in [5.74, 6) is 0.488. The van der Waals surface area contributed by atoms with Crippen LogP contribution in [0.4, 0.5) is 0 Å². The predicted molar refractivity (Wildman–Crippen MR) is 95.9 cm³/mol. The smallest absolute Gasteiger partial charge is 0.115 e. The van der Waals surface area contributed by atoms with E-state index in [1.807, 2.05) is 36.5 Å². The van der Waals surface area contributed by atoms with E-state index in [9.17, 15) is 10.2 Å². The van der Waals surface area contributed by atoms with Gasteiger partial charge in [-0.05, 0) is 65.9 Å². The Morgan fingerprint density at radius 3 is 1.83 bits per heavy atom. The fourth-order valence-corrected chi connectivity index (χ4v) is 2.81. The summed E-state index contributed by atoms with van der Waals surface area (Å²) in [6.45, 7) is 2.10. The van der Waals surface area contributed by atoms with Crippen molar-refractivity contribution in [2.75, 3.05) is 0 Å². The Kier molecular flexibility index (Phi) is 4.62. The fourth-order valence-electron chi connectivity index (χ4n) is 2.81. The van der Waals surface area contributed by atoms with Crippen LogP contribution in [0.2, 0.25) is 0 Å². The summed E-state index contributed by atoms with van der Waals surface area (Å²) >= 11 is 0. The van der Waals surface area contributed by atoms with Crippen LogP contribution >= 0.6 is 0 Å². The number of rotatable bonds is 4. The van der Waals surface area contributed by atoms with Gasteiger partial charge in [-0.3, -0.25) is 4.98 Å². The monoisotopic (exact) mass is 317 g/mol. The lowest BCUT2D eigenvalue weighted by Gasteiger charge is -2.14. The minimum absolute atomic E-state index is 0.244. The zero-order valence-corrected chi connectivity index (χ0v) is 13.5. The summed E-state index contributed by atoms with van der Waals surface area (Å²) in [5, 5.41) is 19.1. The average Bonchev–Trinajstić information content (AvgIpc) is 2.59. The van der Waals surface area contributed by atoms with Crippen LogP contribution in [0.25, 0.3) is 5.57 Å². The first kappa shape index (κ1) is 15.8. The van der Waals surface area contributed by atoms with Crippen molar-refractivity contribution in [3.05, 3.63) is 95.3 Å². The van der Waals surface area contributed by atoms with Gasteiger partial charge in [0.2, 0.25) is 0 Å². The molecule has 0 aliphatic rings. The van der Waals surface area contributed by atoms with Crippen LogP contribution in [-0.2, 0) is 6.42 Å². The Balaban J connectivity index is 2.08. The first-order chi connectivity index (χ1) is 11.6. The lowest BCUT2D eigenvalue weighted by atomic mass is 9.91. The second-order valence-corrected chi connectivity index (χ2v) is 5.79. The topological polar surface area (TPSA) is 53.4 Å². The van der Waals surface area contributed by atoms with Gasteiger partial charge >= 0.3 is 0 Å². The number of aromatic hydroxyl groups is 2. The molecule has 0 saturated heterocycles. The Morgan fingerprint density at radius 1 is 0.833 bits per heavy atom. The van der Waals surface area contributed by atoms with E-state index in [4.69, 9.17) is 0 Å². The highest BCUT2D eigenvalue weighted by molar-refractivity contribution is 5.82. The van der Waals surface area contributed by atoms with Crippen LogP contribution in [0.5, 0.6) is 11.5 Å². The fraction of sp³-hybridized carbons (Fsp3) is 0.0952. The Bertz CT molecular complexity index is 788. The minimum Gasteiger partial charge on any atom is -0.508 e. The van der Waals surface area contributed by atoms with Crippen molar-refractivity contribution in [3.63, 3.8) is 0 Å². The van der Waals surface area contributed by atoms with Gasteiger partial charge in [0.1, 0.15) is 11.5 Å². The van der Waals surface area contributed by atoms with Crippen molar-refractivity contribution in [1.29, 1.82) is 0 Å². The first-order valence-corrected chi connectivity index (χ1v) is 7.81. The molecule has 1 heterocycles. The molecule has 0 amide bonds. The highest BCUT2D eigenvalue weighted by Gasteiger charge is 2.10. The van der Waals surface area contributed by atoms with Gasteiger partial charge in [-0.15, -0.1) is 0 Å². The van der Waals surface area contributed by atoms with Crippen LogP contribution in [0.1, 0.15) is 23.6 Å². The van der Waals surface area contributed by atoms with Gasteiger partial charge in [0.15, 0.2) is 0 Å². The summed E-state index contributed by atoms with van der Waals surface area (Å²) < 4.78 is 0. The third kappa shape index (κ3) is 3.63. The van der Waals surface area contributed by atoms with Crippen molar-refractivity contribution in [2.45, 2.75) is 13.3 Å². The third-order valence-corrected chi connectivity index (χ3v) is 3.93. The zero-order chi connectivity index (χ0) is 16.9. The number of hydrogen-bond acceptors (Lipinski definition) is 3. The molecule has 3 heteroatoms. The third-order valence-electron chi connectivity index (χ3n) is 3.93. The summed E-state index contributed by atoms with van der Waals surface area (Å²) in [5.41, 5.74) is 5.49. The number of phenols is 2. The predicted octanol–water partition coefficient (Wildman–Crippen LogP) is 4.56. The standard InChI is InChI=1S/C21H19NO2/c1-15(13-16-3-2-12-22-14-16)21(17-4-8-19(23)9-5-17)18-6-10-20(24)11-7-18/h2-12,14,23-24H,13H2,1H3. The molecule has 0 radical (unpaired) electrons. The van der Waals surface area contributed by atoms with Crippen molar-refractivity contribution in [1.82, 2.24) is 4.98 Å². The van der Waals surface area contributed by atoms with Crippen LogP contribution in [0.3, 0.4) is 0 Å². The Labute approximate surface area is 141 Å². The summed E-state index contributed by atoms with van der Waals surface area (Å²) in [7, 11) is 0. The number of hydrogen-bond donors (Lipinski definition) is 2. The Hall–Kier alpha value is -3.07. The maximum Gasteiger partial charge on any atom is 0.115 e. The summed E-state index contributed by atoms with van der Waals surface area (Å²) in [6.07, 6.45) is 4.42. The summed E-state index contributed by atoms with van der Waals surface area (Å²) in [6, 6.07) is 18.4. The molecular weight excluding hydrogens is 298 g/mol. The number of allylic oxidation sites excluding steroid dienone is 1. The molecule has 24 heavy (non-hydrogen) atoms. The molecule has 0 atom stereocenters. The SMILES string of the molecule is CC(Cc1cccnc1)=C(c1ccc(O)cc1)c1ccc(O)cc1. The van der Waals surface area contributed by atoms with E-state index in [1.54, 1.807) is 30.5 Å². The van der Waals surface area contributed by atoms with Crippen LogP contribution in [-0.4, -0.2) is 15.2 Å². The molecule has 0 aliphatic carbocycles. The van der Waals surface area contributed by atoms with Gasteiger partial charge in [0, 0.05) is 12.4 Å². The molecule has 2 N–H and O–H groups in total. The first-order valence-electron chi connectivity index (χ1n) is 7.81. The van der Waals surface area contributed by atoms with E-state index in [1.165, 1.54) is 5.57 Å². The molecule has 1 aromatic heterocycles. The summed E-state index contributed by atoms with van der Waals surface area (Å²) in [4.78, 5) is 4.18. The van der Waals surface area contributed by atoms with Crippen LogP contribution in [0.15, 0.2) is 78.6 Å². The molecule has 120 valence electrons. The number of benzene rings is 2. The van der Waals surface area contributed by atoms with Gasteiger partial charge in [0.25, 0.3) is 0 Å². The lowest BCUT2D eigenvalue weighted by molar-refractivity contribution is 0.475. The molecule has 3 aromatic rings. The molecule has 0 bridgehead atoms. The molecular formula is C21H19NO2. The van der Waals surface area contributed by atoms with E-state index >= 15 is 0 Å². The number of pyridine rings is 1. The highest BCUT2D eigenvalue weighted by atomic mass is 16.3. The lowest BCUT2D eigenvalue weighted by Crippen LogP contribution is -1.96. The highest BCUT2D eigenvalue weighted by Crippen LogP contribution is 2.30. The van der Waals surface area contributed by atoms with Gasteiger partial charge in [-0.2, -0.15) is 0 Å². The van der Waals surface area contributed by atoms with E-state index in [0.29, 0.717) is 0 Å². The van der Waals surface area contributed by atoms with E-state index in [0.717, 1.165) is 28.7 Å². The van der Waals surface area contributed by atoms with E-state index in [2.05, 4.69) is 18.0 Å². The van der Waals surface area contributed by atoms with Crippen molar-refractivity contribution in [3.8, 4) is 11.5 Å². The normalized spacial score (nSPS) is 10.4. The van der Waals surface area contributed by atoms with Crippen LogP contribution < -0.4 is 0 Å². The quantitative estimate of drug-likeness (QED) is 0.742. The molecule has 0 saturated carbocycles. The van der Waals surface area contributed by atoms with Crippen molar-refractivity contribution in [2.24, 2.45) is 0 Å². The number of nitrogens with zero attached hydrogens (tertiary/aromatic N) is 1. The second-order valence-electron chi connectivity index (χ2n) is 5.79. The Morgan fingerprint density at radius 2 is 1.38 bits per heavy atom. The van der Waals surface area contributed by atoms with Gasteiger partial charge in [0.05, 0.1) is 0 Å². The molecule has 3 nitrogen and oxygen atoms in total. The number of aromatic nitrogens is 1. The maximum atomic E-state index is 9.56. The average molecular weight is 317 g/mol. The van der Waals surface area contributed by atoms with Gasteiger partial charge < -0.3 is 10.2 Å². The molecule has 0 fully saturated rings. The molecule has 3 rings (SSSR count). The largest absolute Gasteiger partial charge is 0.508 e. The molecule has 2 aromatic carbocycles. The van der Waals surface area contributed by atoms with Gasteiger partial charge in [-0.25, -0.2) is 0 Å². The van der Waals surface area contributed by atoms with E-state index < -0.39 is 0 Å². The van der Waals surface area contributed by atoms with Crippen molar-refractivity contribution >= 4 is 5.57 Å². The van der Waals surface area contributed by atoms with Crippen LogP contribution in [0, 0.1) is 0 Å². The number of phenolic OH excluding ortho intramolecular Hbond substituents is 2. The second kappa shape index (κ2) is 7.01. The minimum atomic E-state index is 0.244. The molecule has 0 unspecified atom stereocenters. The van der Waals surface area contributed by atoms with E-state index in [-0.39, 0.29) is 11.5 Å². The molecule has 0 spiro atoms. The van der Waals surface area contributed by atoms with Crippen molar-refractivity contribution < 1.29 is 10.2 Å².